The highest BCUT2D eigenvalue weighted by Gasteiger charge is 2.22. The summed E-state index contributed by atoms with van der Waals surface area (Å²) in [5.41, 5.74) is -0.731. The number of nitrogens with one attached hydrogen (secondary N) is 2. The lowest BCUT2D eigenvalue weighted by Gasteiger charge is -2.17. The fraction of sp³-hybridized carbons (Fsp3) is 0.613. The van der Waals surface area contributed by atoms with E-state index >= 15 is 0 Å². The quantitative estimate of drug-likeness (QED) is 0.227. The van der Waals surface area contributed by atoms with Crippen molar-refractivity contribution in [2.45, 2.75) is 84.2 Å². The molecule has 2 amide bonds. The Morgan fingerprint density at radius 1 is 0.783 bits per heavy atom. The van der Waals surface area contributed by atoms with Crippen molar-refractivity contribution < 1.29 is 24.3 Å². The lowest BCUT2D eigenvalue weighted by Crippen LogP contribution is -2.32. The molecule has 2 aromatic rings. The Morgan fingerprint density at radius 2 is 1.22 bits per heavy atom. The maximum absolute atomic E-state index is 12.4. The van der Waals surface area contributed by atoms with Crippen LogP contribution in [0.15, 0.2) is 34.4 Å². The molecule has 0 unspecified atom stereocenters. The van der Waals surface area contributed by atoms with Gasteiger partial charge in [-0.05, 0) is 45.4 Å². The summed E-state index contributed by atoms with van der Waals surface area (Å²) in [4.78, 5) is 82.2. The number of carbonyl (C=O) groups is 4. The molecule has 252 valence electrons. The number of Topliss-reactive ketones (excluding diaryl/α,β-unsaturated/α-hetero) is 1. The first-order valence-corrected chi connectivity index (χ1v) is 16.0. The molecule has 2 aromatic heterocycles. The lowest BCUT2D eigenvalue weighted by molar-refractivity contribution is -0.141. The van der Waals surface area contributed by atoms with E-state index in [1.807, 2.05) is 16.7 Å². The smallest absolute Gasteiger partial charge is 0.326 e. The number of aromatic nitrogens is 4. The van der Waals surface area contributed by atoms with Crippen LogP contribution in [0.25, 0.3) is 0 Å². The monoisotopic (exact) mass is 642 g/mol. The number of amides is 2. The lowest BCUT2D eigenvalue weighted by atomic mass is 10.1. The highest BCUT2D eigenvalue weighted by molar-refractivity contribution is 5.80. The molecule has 2 aliphatic heterocycles. The molecule has 0 aliphatic carbocycles. The molecule has 2 fully saturated rings. The fourth-order valence-corrected chi connectivity index (χ4v) is 5.59. The summed E-state index contributed by atoms with van der Waals surface area (Å²) < 4.78 is 2.61. The minimum Gasteiger partial charge on any atom is -0.480 e. The SMILES string of the molecule is CC[C@@H](C(=O)O)n1ccnc(NCCCN2CCCC2=O)c1=O.CC[C@@H](C(C)=O)n1ccnc(NCCCN2CCCC2=O)c1=O. The Bertz CT molecular complexity index is 1360. The van der Waals surface area contributed by atoms with E-state index in [0.717, 1.165) is 32.4 Å². The molecule has 0 spiro atoms. The van der Waals surface area contributed by atoms with Gasteiger partial charge in [0.25, 0.3) is 11.1 Å². The molecule has 15 nitrogen and oxygen atoms in total. The molecule has 3 N–H and O–H groups in total. The summed E-state index contributed by atoms with van der Waals surface area (Å²) in [5.74, 6) is -0.312. The number of carbonyl (C=O) groups excluding carboxylic acids is 3. The van der Waals surface area contributed by atoms with Crippen LogP contribution in [-0.2, 0) is 19.2 Å². The van der Waals surface area contributed by atoms with Crippen LogP contribution in [0.1, 0.15) is 84.2 Å². The van der Waals surface area contributed by atoms with Crippen LogP contribution in [0.4, 0.5) is 11.6 Å². The van der Waals surface area contributed by atoms with Crippen molar-refractivity contribution >= 4 is 35.2 Å². The van der Waals surface area contributed by atoms with Crippen molar-refractivity contribution in [3.05, 3.63) is 45.5 Å². The predicted molar refractivity (Wildman–Crippen MR) is 172 cm³/mol. The fourth-order valence-electron chi connectivity index (χ4n) is 5.59. The normalized spacial score (nSPS) is 15.7. The maximum atomic E-state index is 12.4. The zero-order chi connectivity index (χ0) is 33.6. The number of hydrogen-bond acceptors (Lipinski definition) is 10. The Balaban J connectivity index is 0.000000250. The molecule has 0 saturated carbocycles. The number of aliphatic carboxylic acids is 1. The minimum atomic E-state index is -1.04. The molecule has 46 heavy (non-hydrogen) atoms. The summed E-state index contributed by atoms with van der Waals surface area (Å²) in [6, 6.07) is -1.35. The molecule has 2 saturated heterocycles. The Kier molecular flexibility index (Phi) is 13.9. The van der Waals surface area contributed by atoms with Crippen molar-refractivity contribution in [2.24, 2.45) is 0 Å². The first kappa shape index (κ1) is 35.9. The summed E-state index contributed by atoms with van der Waals surface area (Å²) in [6.45, 7) is 9.11. The number of likely N-dealkylation sites (tertiary alicyclic amines) is 2. The van der Waals surface area contributed by atoms with Gasteiger partial charge >= 0.3 is 5.97 Å². The van der Waals surface area contributed by atoms with Crippen molar-refractivity contribution in [3.63, 3.8) is 0 Å². The van der Waals surface area contributed by atoms with E-state index in [2.05, 4.69) is 20.6 Å². The Labute approximate surface area is 268 Å². The molecule has 4 rings (SSSR count). The third-order valence-electron chi connectivity index (χ3n) is 8.07. The van der Waals surface area contributed by atoms with Crippen LogP contribution in [0.5, 0.6) is 0 Å². The van der Waals surface area contributed by atoms with E-state index < -0.39 is 23.6 Å². The zero-order valence-corrected chi connectivity index (χ0v) is 26.9. The molecule has 2 atom stereocenters. The molecule has 4 heterocycles. The van der Waals surface area contributed by atoms with E-state index in [1.54, 1.807) is 13.1 Å². The third-order valence-corrected chi connectivity index (χ3v) is 8.07. The van der Waals surface area contributed by atoms with Gasteiger partial charge in [0.05, 0.1) is 6.04 Å². The van der Waals surface area contributed by atoms with Crippen LogP contribution in [-0.4, -0.2) is 96.8 Å². The standard InChI is InChI=1S/C16H24N4O3.C15H22N4O4/c1-3-13(12(2)21)20-11-8-18-15(16(20)23)17-7-5-10-19-9-4-6-14(19)22;1-2-11(15(22)23)19-10-7-17-13(14(19)21)16-6-4-9-18-8-3-5-12(18)20/h8,11,13H,3-7,9-10H2,1-2H3,(H,17,18);7,10-11H,2-6,8-9H2,1H3,(H,16,17)(H,22,23)/t13-;11-/m00/s1. The molecular formula is C31H46N8O7. The average molecular weight is 643 g/mol. The molecule has 15 heteroatoms. The Morgan fingerprint density at radius 3 is 1.57 bits per heavy atom. The average Bonchev–Trinajstić information content (AvgIpc) is 3.63. The van der Waals surface area contributed by atoms with Gasteiger partial charge in [-0.2, -0.15) is 0 Å². The number of carboxylic acids is 1. The number of rotatable bonds is 16. The van der Waals surface area contributed by atoms with Gasteiger partial charge in [0.1, 0.15) is 6.04 Å². The van der Waals surface area contributed by atoms with E-state index in [0.29, 0.717) is 58.3 Å². The molecule has 2 aliphatic rings. The predicted octanol–water partition coefficient (Wildman–Crippen LogP) is 1.91. The number of nitrogens with zero attached hydrogens (tertiary/aromatic N) is 6. The number of ketones is 1. The first-order valence-electron chi connectivity index (χ1n) is 16.0. The van der Waals surface area contributed by atoms with Crippen LogP contribution in [0.3, 0.4) is 0 Å². The van der Waals surface area contributed by atoms with Gasteiger partial charge in [-0.15, -0.1) is 0 Å². The van der Waals surface area contributed by atoms with Crippen LogP contribution >= 0.6 is 0 Å². The molecule has 0 aromatic carbocycles. The van der Waals surface area contributed by atoms with E-state index in [9.17, 15) is 28.8 Å². The van der Waals surface area contributed by atoms with E-state index in [-0.39, 0.29) is 34.8 Å². The van der Waals surface area contributed by atoms with E-state index in [1.165, 1.54) is 34.6 Å². The highest BCUT2D eigenvalue weighted by Crippen LogP contribution is 2.13. The van der Waals surface area contributed by atoms with Gasteiger partial charge in [-0.25, -0.2) is 14.8 Å². The number of anilines is 2. The maximum Gasteiger partial charge on any atom is 0.326 e. The van der Waals surface area contributed by atoms with Crippen LogP contribution in [0.2, 0.25) is 0 Å². The van der Waals surface area contributed by atoms with Crippen LogP contribution in [0, 0.1) is 0 Å². The minimum absolute atomic E-state index is 0.0423. The van der Waals surface area contributed by atoms with Crippen molar-refractivity contribution in [2.75, 3.05) is 49.9 Å². The molecular weight excluding hydrogens is 596 g/mol. The van der Waals surface area contributed by atoms with Crippen molar-refractivity contribution in [3.8, 4) is 0 Å². The molecule has 0 bridgehead atoms. The second-order valence-corrected chi connectivity index (χ2v) is 11.3. The second kappa shape index (κ2) is 17.8. The largest absolute Gasteiger partial charge is 0.480 e. The van der Waals surface area contributed by atoms with Gasteiger partial charge in [0.2, 0.25) is 11.8 Å². The second-order valence-electron chi connectivity index (χ2n) is 11.3. The van der Waals surface area contributed by atoms with E-state index in [4.69, 9.17) is 5.11 Å². The van der Waals surface area contributed by atoms with Gasteiger partial charge in [0, 0.05) is 76.9 Å². The van der Waals surface area contributed by atoms with Crippen LogP contribution < -0.4 is 21.8 Å². The molecule has 0 radical (unpaired) electrons. The summed E-state index contributed by atoms with van der Waals surface area (Å²) in [5, 5.41) is 15.1. The third kappa shape index (κ3) is 9.72. The summed E-state index contributed by atoms with van der Waals surface area (Å²) >= 11 is 0. The van der Waals surface area contributed by atoms with Gasteiger partial charge in [0.15, 0.2) is 17.4 Å². The van der Waals surface area contributed by atoms with Gasteiger partial charge in [-0.1, -0.05) is 13.8 Å². The van der Waals surface area contributed by atoms with Gasteiger partial charge in [-0.3, -0.25) is 28.5 Å². The number of carboxylic acid groups (broad SMARTS) is 1. The first-order chi connectivity index (χ1) is 22.1. The summed E-state index contributed by atoms with van der Waals surface area (Å²) in [6.07, 6.45) is 11.3. The van der Waals surface area contributed by atoms with Crippen molar-refractivity contribution in [1.82, 2.24) is 28.9 Å². The summed E-state index contributed by atoms with van der Waals surface area (Å²) in [7, 11) is 0. The van der Waals surface area contributed by atoms with Gasteiger partial charge < -0.3 is 30.1 Å². The zero-order valence-electron chi connectivity index (χ0n) is 26.9. The Hall–Kier alpha value is -4.56. The topological polar surface area (TPSA) is 189 Å². The number of hydrogen-bond donors (Lipinski definition) is 3. The highest BCUT2D eigenvalue weighted by atomic mass is 16.4. The van der Waals surface area contributed by atoms with Crippen molar-refractivity contribution in [1.29, 1.82) is 0 Å².